The van der Waals surface area contributed by atoms with E-state index in [9.17, 15) is 9.59 Å². The summed E-state index contributed by atoms with van der Waals surface area (Å²) in [6, 6.07) is 10.5. The van der Waals surface area contributed by atoms with Gasteiger partial charge in [0, 0.05) is 24.5 Å². The number of carbonyl (C=O) groups is 2. The first-order valence-electron chi connectivity index (χ1n) is 9.25. The fourth-order valence-electron chi connectivity index (χ4n) is 3.18. The molecule has 1 fully saturated rings. The standard InChI is InChI=1S/C21H23ClN2O5/c1-27-18-12-14(11-17(22)20(18)28-2)21(26)29-13-19(25)23-15-5-7-16(8-6-15)24-9-3-4-10-24/h5-8,11-12H,3-4,9-10,13H2,1-2H3,(H,23,25). The number of anilines is 2. The van der Waals surface area contributed by atoms with E-state index in [-0.39, 0.29) is 10.6 Å². The number of hydrogen-bond acceptors (Lipinski definition) is 6. The molecule has 0 radical (unpaired) electrons. The Kier molecular flexibility index (Phi) is 6.82. The first-order valence-corrected chi connectivity index (χ1v) is 9.63. The minimum atomic E-state index is -0.688. The van der Waals surface area contributed by atoms with Crippen LogP contribution in [0.2, 0.25) is 5.02 Å². The van der Waals surface area contributed by atoms with Gasteiger partial charge in [0.05, 0.1) is 24.8 Å². The summed E-state index contributed by atoms with van der Waals surface area (Å²) in [5, 5.41) is 2.92. The molecule has 29 heavy (non-hydrogen) atoms. The molecule has 0 aliphatic carbocycles. The van der Waals surface area contributed by atoms with Crippen molar-refractivity contribution in [3.8, 4) is 11.5 Å². The smallest absolute Gasteiger partial charge is 0.338 e. The van der Waals surface area contributed by atoms with Crippen LogP contribution in [0, 0.1) is 0 Å². The zero-order valence-electron chi connectivity index (χ0n) is 16.4. The summed E-state index contributed by atoms with van der Waals surface area (Å²) >= 11 is 6.09. The maximum absolute atomic E-state index is 12.3. The van der Waals surface area contributed by atoms with E-state index in [4.69, 9.17) is 25.8 Å². The highest BCUT2D eigenvalue weighted by atomic mass is 35.5. The summed E-state index contributed by atoms with van der Waals surface area (Å²) in [6.07, 6.45) is 2.41. The molecule has 2 aromatic carbocycles. The van der Waals surface area contributed by atoms with Gasteiger partial charge in [-0.2, -0.15) is 0 Å². The Morgan fingerprint density at radius 3 is 2.38 bits per heavy atom. The van der Waals surface area contributed by atoms with E-state index in [1.165, 1.54) is 39.2 Å². The Morgan fingerprint density at radius 1 is 1.07 bits per heavy atom. The van der Waals surface area contributed by atoms with Crippen LogP contribution in [0.4, 0.5) is 11.4 Å². The molecule has 3 rings (SSSR count). The van der Waals surface area contributed by atoms with E-state index in [1.54, 1.807) is 0 Å². The van der Waals surface area contributed by atoms with E-state index in [0.717, 1.165) is 18.8 Å². The first kappa shape index (κ1) is 20.8. The zero-order valence-corrected chi connectivity index (χ0v) is 17.1. The van der Waals surface area contributed by atoms with Gasteiger partial charge in [0.25, 0.3) is 5.91 Å². The Labute approximate surface area is 174 Å². The van der Waals surface area contributed by atoms with Gasteiger partial charge < -0.3 is 24.4 Å². The van der Waals surface area contributed by atoms with Gasteiger partial charge in [0.2, 0.25) is 0 Å². The summed E-state index contributed by atoms with van der Waals surface area (Å²) in [6.45, 7) is 1.70. The van der Waals surface area contributed by atoms with E-state index < -0.39 is 18.5 Å². The van der Waals surface area contributed by atoms with Gasteiger partial charge in [0.1, 0.15) is 0 Å². The van der Waals surface area contributed by atoms with Gasteiger partial charge in [-0.05, 0) is 49.2 Å². The summed E-state index contributed by atoms with van der Waals surface area (Å²) in [5.41, 5.74) is 1.94. The number of rotatable bonds is 7. The molecule has 154 valence electrons. The summed E-state index contributed by atoms with van der Waals surface area (Å²) in [7, 11) is 2.88. The van der Waals surface area contributed by atoms with Gasteiger partial charge in [0.15, 0.2) is 18.1 Å². The molecule has 1 aliphatic rings. The minimum absolute atomic E-state index is 0.162. The normalized spacial score (nSPS) is 13.1. The average molecular weight is 419 g/mol. The van der Waals surface area contributed by atoms with Crippen LogP contribution in [-0.2, 0) is 9.53 Å². The molecule has 2 aromatic rings. The molecule has 1 amide bonds. The van der Waals surface area contributed by atoms with Crippen molar-refractivity contribution in [3.63, 3.8) is 0 Å². The Bertz CT molecular complexity index is 879. The number of carbonyl (C=O) groups excluding carboxylic acids is 2. The Morgan fingerprint density at radius 2 is 1.76 bits per heavy atom. The molecular formula is C21H23ClN2O5. The molecule has 0 saturated carbocycles. The fraction of sp³-hybridized carbons (Fsp3) is 0.333. The third-order valence-corrected chi connectivity index (χ3v) is 4.91. The third kappa shape index (κ3) is 5.12. The molecule has 0 atom stereocenters. The van der Waals surface area contributed by atoms with Crippen LogP contribution in [0.25, 0.3) is 0 Å². The van der Waals surface area contributed by atoms with Crippen molar-refractivity contribution in [2.75, 3.05) is 44.1 Å². The second-order valence-corrected chi connectivity index (χ2v) is 6.97. The highest BCUT2D eigenvalue weighted by Gasteiger charge is 2.17. The van der Waals surface area contributed by atoms with Crippen LogP contribution in [0.15, 0.2) is 36.4 Å². The molecule has 7 nitrogen and oxygen atoms in total. The maximum Gasteiger partial charge on any atom is 0.338 e. The van der Waals surface area contributed by atoms with Crippen LogP contribution in [0.3, 0.4) is 0 Å². The summed E-state index contributed by atoms with van der Waals surface area (Å²) < 4.78 is 15.4. The number of benzene rings is 2. The number of methoxy groups -OCH3 is 2. The molecule has 1 aliphatic heterocycles. The average Bonchev–Trinajstić information content (AvgIpc) is 3.26. The van der Waals surface area contributed by atoms with Crippen molar-refractivity contribution in [3.05, 3.63) is 47.0 Å². The molecule has 0 unspecified atom stereocenters. The van der Waals surface area contributed by atoms with Crippen molar-refractivity contribution in [2.24, 2.45) is 0 Å². The van der Waals surface area contributed by atoms with E-state index in [1.807, 2.05) is 24.3 Å². The van der Waals surface area contributed by atoms with Crippen LogP contribution in [-0.4, -0.2) is 45.8 Å². The Balaban J connectivity index is 1.55. The number of nitrogens with zero attached hydrogens (tertiary/aromatic N) is 1. The lowest BCUT2D eigenvalue weighted by atomic mass is 10.2. The van der Waals surface area contributed by atoms with Gasteiger partial charge in [-0.25, -0.2) is 4.79 Å². The maximum atomic E-state index is 12.3. The molecule has 0 bridgehead atoms. The predicted molar refractivity (Wildman–Crippen MR) is 111 cm³/mol. The van der Waals surface area contributed by atoms with Crippen molar-refractivity contribution in [1.82, 2.24) is 0 Å². The molecule has 1 heterocycles. The third-order valence-electron chi connectivity index (χ3n) is 4.63. The molecule has 1 saturated heterocycles. The first-order chi connectivity index (χ1) is 14.0. The van der Waals surface area contributed by atoms with Crippen molar-refractivity contribution in [1.29, 1.82) is 0 Å². The lowest BCUT2D eigenvalue weighted by Crippen LogP contribution is -2.21. The highest BCUT2D eigenvalue weighted by molar-refractivity contribution is 6.32. The molecule has 0 aromatic heterocycles. The van der Waals surface area contributed by atoms with Crippen LogP contribution in [0.1, 0.15) is 23.2 Å². The van der Waals surface area contributed by atoms with Gasteiger partial charge >= 0.3 is 5.97 Å². The lowest BCUT2D eigenvalue weighted by molar-refractivity contribution is -0.119. The van der Waals surface area contributed by atoms with Crippen molar-refractivity contribution >= 4 is 34.9 Å². The number of hydrogen-bond donors (Lipinski definition) is 1. The van der Waals surface area contributed by atoms with E-state index in [0.29, 0.717) is 17.2 Å². The predicted octanol–water partition coefficient (Wildman–Crippen LogP) is 3.75. The Hall–Kier alpha value is -2.93. The number of ether oxygens (including phenoxy) is 3. The SMILES string of the molecule is COc1cc(C(=O)OCC(=O)Nc2ccc(N3CCCC3)cc2)cc(Cl)c1OC. The number of amides is 1. The van der Waals surface area contributed by atoms with Gasteiger partial charge in [-0.3, -0.25) is 4.79 Å². The van der Waals surface area contributed by atoms with E-state index >= 15 is 0 Å². The van der Waals surface area contributed by atoms with Crippen LogP contribution < -0.4 is 19.7 Å². The zero-order chi connectivity index (χ0) is 20.8. The molecule has 8 heteroatoms. The monoisotopic (exact) mass is 418 g/mol. The second-order valence-electron chi connectivity index (χ2n) is 6.56. The highest BCUT2D eigenvalue weighted by Crippen LogP contribution is 2.36. The largest absolute Gasteiger partial charge is 0.493 e. The minimum Gasteiger partial charge on any atom is -0.493 e. The van der Waals surface area contributed by atoms with Crippen LogP contribution >= 0.6 is 11.6 Å². The lowest BCUT2D eigenvalue weighted by Gasteiger charge is -2.17. The molecular weight excluding hydrogens is 396 g/mol. The fourth-order valence-corrected chi connectivity index (χ4v) is 3.47. The quantitative estimate of drug-likeness (QED) is 0.690. The summed E-state index contributed by atoms with van der Waals surface area (Å²) in [5.74, 6) is -0.499. The molecule has 1 N–H and O–H groups in total. The van der Waals surface area contributed by atoms with E-state index in [2.05, 4.69) is 10.2 Å². The topological polar surface area (TPSA) is 77.1 Å². The summed E-state index contributed by atoms with van der Waals surface area (Å²) in [4.78, 5) is 26.7. The number of esters is 1. The van der Waals surface area contributed by atoms with Gasteiger partial charge in [-0.15, -0.1) is 0 Å². The van der Waals surface area contributed by atoms with Crippen LogP contribution in [0.5, 0.6) is 11.5 Å². The van der Waals surface area contributed by atoms with Crippen molar-refractivity contribution in [2.45, 2.75) is 12.8 Å². The number of halogens is 1. The number of nitrogens with one attached hydrogen (secondary N) is 1. The van der Waals surface area contributed by atoms with Gasteiger partial charge in [-0.1, -0.05) is 11.6 Å². The molecule has 0 spiro atoms. The van der Waals surface area contributed by atoms with Crippen molar-refractivity contribution < 1.29 is 23.8 Å². The second kappa shape index (κ2) is 9.52.